The molecule has 8 heteroatoms. The highest BCUT2D eigenvalue weighted by atomic mass is 16.6. The van der Waals surface area contributed by atoms with Crippen LogP contribution in [0.3, 0.4) is 0 Å². The van der Waals surface area contributed by atoms with E-state index in [0.717, 1.165) is 6.07 Å². The molecular formula is C11H14N2O6. The van der Waals surface area contributed by atoms with E-state index in [1.165, 1.54) is 0 Å². The Morgan fingerprint density at radius 3 is 2.42 bits per heavy atom. The van der Waals surface area contributed by atoms with Gasteiger partial charge in [0.1, 0.15) is 5.69 Å². The van der Waals surface area contributed by atoms with Crippen LogP contribution in [0.4, 0.5) is 0 Å². The van der Waals surface area contributed by atoms with E-state index < -0.39 is 29.3 Å². The quantitative estimate of drug-likeness (QED) is 0.631. The number of aromatic amines is 2. The minimum Gasteiger partial charge on any atom is -0.479 e. The first-order chi connectivity index (χ1) is 8.79. The number of rotatable bonds is 5. The Labute approximate surface area is 107 Å². The summed E-state index contributed by atoms with van der Waals surface area (Å²) in [7, 11) is 0. The van der Waals surface area contributed by atoms with Crippen LogP contribution in [0.2, 0.25) is 0 Å². The second-order valence-electron chi connectivity index (χ2n) is 4.36. The topological polar surface area (TPSA) is 129 Å². The van der Waals surface area contributed by atoms with Crippen LogP contribution in [0, 0.1) is 5.92 Å². The number of carboxylic acids is 1. The van der Waals surface area contributed by atoms with Gasteiger partial charge in [-0.1, -0.05) is 13.8 Å². The third kappa shape index (κ3) is 4.41. The second kappa shape index (κ2) is 5.98. The van der Waals surface area contributed by atoms with Crippen LogP contribution in [-0.4, -0.2) is 33.1 Å². The summed E-state index contributed by atoms with van der Waals surface area (Å²) in [4.78, 5) is 48.5. The van der Waals surface area contributed by atoms with E-state index in [4.69, 9.17) is 9.84 Å². The number of esters is 1. The molecule has 8 nitrogen and oxygen atoms in total. The maximum absolute atomic E-state index is 11.6. The molecule has 0 aliphatic rings. The summed E-state index contributed by atoms with van der Waals surface area (Å²) < 4.78 is 4.76. The highest BCUT2D eigenvalue weighted by Gasteiger charge is 2.24. The van der Waals surface area contributed by atoms with Crippen molar-refractivity contribution in [1.29, 1.82) is 0 Å². The van der Waals surface area contributed by atoms with Crippen LogP contribution in [-0.2, 0) is 9.53 Å². The lowest BCUT2D eigenvalue weighted by Crippen LogP contribution is -2.31. The zero-order chi connectivity index (χ0) is 14.6. The van der Waals surface area contributed by atoms with Crippen molar-refractivity contribution in [2.24, 2.45) is 5.92 Å². The lowest BCUT2D eigenvalue weighted by molar-refractivity contribution is -0.148. The minimum atomic E-state index is -1.32. The van der Waals surface area contributed by atoms with Crippen molar-refractivity contribution in [2.45, 2.75) is 26.4 Å². The molecular weight excluding hydrogens is 256 g/mol. The van der Waals surface area contributed by atoms with Gasteiger partial charge in [-0.3, -0.25) is 9.78 Å². The summed E-state index contributed by atoms with van der Waals surface area (Å²) in [5.41, 5.74) is -2.02. The zero-order valence-corrected chi connectivity index (χ0v) is 10.4. The molecule has 3 N–H and O–H groups in total. The first kappa shape index (κ1) is 14.7. The van der Waals surface area contributed by atoms with E-state index in [9.17, 15) is 19.2 Å². The Balaban J connectivity index is 2.90. The lowest BCUT2D eigenvalue weighted by atomic mass is 10.1. The molecule has 0 aliphatic carbocycles. The van der Waals surface area contributed by atoms with Gasteiger partial charge < -0.3 is 14.8 Å². The number of ether oxygens (including phenoxy) is 1. The molecule has 0 spiro atoms. The number of hydrogen-bond donors (Lipinski definition) is 3. The van der Waals surface area contributed by atoms with Crippen molar-refractivity contribution in [3.8, 4) is 0 Å². The predicted octanol–water partition coefficient (Wildman–Crippen LogP) is -0.281. The van der Waals surface area contributed by atoms with Gasteiger partial charge in [-0.15, -0.1) is 0 Å². The van der Waals surface area contributed by atoms with Crippen molar-refractivity contribution in [1.82, 2.24) is 9.97 Å². The minimum absolute atomic E-state index is 0.00660. The summed E-state index contributed by atoms with van der Waals surface area (Å²) in [6.07, 6.45) is -1.19. The first-order valence-electron chi connectivity index (χ1n) is 5.57. The number of H-pyrrole nitrogens is 2. The average Bonchev–Trinajstić information content (AvgIpc) is 2.25. The maximum Gasteiger partial charge on any atom is 0.355 e. The molecule has 0 amide bonds. The average molecular weight is 270 g/mol. The Morgan fingerprint density at radius 1 is 1.32 bits per heavy atom. The number of carboxylic acid groups (broad SMARTS) is 1. The highest BCUT2D eigenvalue weighted by Crippen LogP contribution is 2.10. The molecule has 1 aromatic heterocycles. The van der Waals surface area contributed by atoms with Crippen molar-refractivity contribution >= 4 is 11.9 Å². The SMILES string of the molecule is CC(C)C[C@@H](OC(=O)c1cc(=O)[nH]c(=O)[nH]1)C(=O)O. The van der Waals surface area contributed by atoms with E-state index >= 15 is 0 Å². The zero-order valence-electron chi connectivity index (χ0n) is 10.4. The summed E-state index contributed by atoms with van der Waals surface area (Å²) in [6, 6.07) is 0.831. The fraction of sp³-hybridized carbons (Fsp3) is 0.455. The van der Waals surface area contributed by atoms with Crippen molar-refractivity contribution in [2.75, 3.05) is 0 Å². The van der Waals surface area contributed by atoms with Gasteiger partial charge in [0.2, 0.25) is 0 Å². The van der Waals surface area contributed by atoms with Gasteiger partial charge in [-0.2, -0.15) is 0 Å². The fourth-order valence-electron chi connectivity index (χ4n) is 1.40. The Kier molecular flexibility index (Phi) is 4.62. The van der Waals surface area contributed by atoms with E-state index in [1.54, 1.807) is 13.8 Å². The van der Waals surface area contributed by atoms with Crippen molar-refractivity contribution < 1.29 is 19.4 Å². The van der Waals surface area contributed by atoms with Crippen LogP contribution >= 0.6 is 0 Å². The molecule has 0 saturated heterocycles. The van der Waals surface area contributed by atoms with Gasteiger partial charge >= 0.3 is 17.6 Å². The standard InChI is InChI=1S/C11H14N2O6/c1-5(2)3-7(9(15)16)19-10(17)6-4-8(14)13-11(18)12-6/h4-5,7H,3H2,1-2H3,(H,15,16)(H2,12,13,14,18)/t7-/m1/s1. The summed E-state index contributed by atoms with van der Waals surface area (Å²) in [6.45, 7) is 3.55. The Hall–Kier alpha value is -2.38. The molecule has 0 saturated carbocycles. The van der Waals surface area contributed by atoms with E-state index in [0.29, 0.717) is 0 Å². The summed E-state index contributed by atoms with van der Waals surface area (Å²) in [5.74, 6) is -2.34. The van der Waals surface area contributed by atoms with Gasteiger partial charge in [0.15, 0.2) is 6.10 Å². The number of carbonyl (C=O) groups excluding carboxylic acids is 1. The number of carbonyl (C=O) groups is 2. The molecule has 0 unspecified atom stereocenters. The van der Waals surface area contributed by atoms with Crippen molar-refractivity contribution in [3.05, 3.63) is 32.6 Å². The normalized spacial score (nSPS) is 12.2. The van der Waals surface area contributed by atoms with E-state index in [-0.39, 0.29) is 18.0 Å². The van der Waals surface area contributed by atoms with Crippen LogP contribution in [0.1, 0.15) is 30.8 Å². The van der Waals surface area contributed by atoms with Gasteiger partial charge in [-0.05, 0) is 12.3 Å². The molecule has 0 aromatic carbocycles. The Morgan fingerprint density at radius 2 is 1.95 bits per heavy atom. The first-order valence-corrected chi connectivity index (χ1v) is 5.57. The molecule has 1 aromatic rings. The van der Waals surface area contributed by atoms with Crippen LogP contribution in [0.15, 0.2) is 15.7 Å². The third-order valence-corrected chi connectivity index (χ3v) is 2.19. The van der Waals surface area contributed by atoms with Gasteiger partial charge in [0, 0.05) is 6.07 Å². The molecule has 0 radical (unpaired) electrons. The smallest absolute Gasteiger partial charge is 0.355 e. The molecule has 1 rings (SSSR count). The van der Waals surface area contributed by atoms with Gasteiger partial charge in [-0.25, -0.2) is 14.4 Å². The number of aromatic nitrogens is 2. The molecule has 104 valence electrons. The lowest BCUT2D eigenvalue weighted by Gasteiger charge is -2.15. The van der Waals surface area contributed by atoms with Crippen LogP contribution in [0.5, 0.6) is 0 Å². The summed E-state index contributed by atoms with van der Waals surface area (Å²) >= 11 is 0. The number of nitrogens with one attached hydrogen (secondary N) is 2. The van der Waals surface area contributed by atoms with E-state index in [1.807, 2.05) is 4.98 Å². The van der Waals surface area contributed by atoms with Crippen LogP contribution < -0.4 is 11.2 Å². The highest BCUT2D eigenvalue weighted by molar-refractivity contribution is 5.89. The van der Waals surface area contributed by atoms with Crippen molar-refractivity contribution in [3.63, 3.8) is 0 Å². The fourth-order valence-corrected chi connectivity index (χ4v) is 1.40. The van der Waals surface area contributed by atoms with Crippen LogP contribution in [0.25, 0.3) is 0 Å². The monoisotopic (exact) mass is 270 g/mol. The molecule has 1 atom stereocenters. The summed E-state index contributed by atoms with van der Waals surface area (Å²) in [5, 5.41) is 8.91. The van der Waals surface area contributed by atoms with E-state index in [2.05, 4.69) is 4.98 Å². The molecule has 0 aliphatic heterocycles. The molecule has 1 heterocycles. The molecule has 0 bridgehead atoms. The molecule has 0 fully saturated rings. The predicted molar refractivity (Wildman–Crippen MR) is 64.0 cm³/mol. The molecule has 19 heavy (non-hydrogen) atoms. The van der Waals surface area contributed by atoms with Gasteiger partial charge in [0.25, 0.3) is 5.56 Å². The third-order valence-electron chi connectivity index (χ3n) is 2.19. The van der Waals surface area contributed by atoms with Gasteiger partial charge in [0.05, 0.1) is 0 Å². The largest absolute Gasteiger partial charge is 0.479 e. The maximum atomic E-state index is 11.6. The number of aliphatic carboxylic acids is 1. The second-order valence-corrected chi connectivity index (χ2v) is 4.36. The number of hydrogen-bond acceptors (Lipinski definition) is 5. The Bertz CT molecular complexity index is 557.